The fourth-order valence-electron chi connectivity index (χ4n) is 4.35. The molecule has 0 aliphatic carbocycles. The van der Waals surface area contributed by atoms with E-state index in [4.69, 9.17) is 4.74 Å². The normalized spacial score (nSPS) is 11.9. The van der Waals surface area contributed by atoms with Crippen LogP contribution in [0.1, 0.15) is 77.2 Å². The van der Waals surface area contributed by atoms with Gasteiger partial charge in [-0.05, 0) is 54.5 Å². The van der Waals surface area contributed by atoms with Crippen molar-refractivity contribution >= 4 is 5.97 Å². The molecule has 0 unspecified atom stereocenters. The van der Waals surface area contributed by atoms with E-state index >= 15 is 8.78 Å². The maximum Gasteiger partial charge on any atom is 0.346 e. The van der Waals surface area contributed by atoms with E-state index in [2.05, 4.69) is 13.8 Å². The topological polar surface area (TPSA) is 26.3 Å². The summed E-state index contributed by atoms with van der Waals surface area (Å²) in [7, 11) is 0. The van der Waals surface area contributed by atoms with E-state index in [0.29, 0.717) is 17.5 Å². The zero-order valence-electron chi connectivity index (χ0n) is 21.9. The number of unbranched alkanes of at least 4 members (excludes halogenated alkanes) is 6. The molecule has 0 aliphatic rings. The number of aryl methyl sites for hydroxylation is 1. The van der Waals surface area contributed by atoms with Gasteiger partial charge in [-0.1, -0.05) is 101 Å². The highest BCUT2D eigenvalue weighted by Crippen LogP contribution is 2.32. The van der Waals surface area contributed by atoms with Gasteiger partial charge in [0.1, 0.15) is 5.75 Å². The number of benzene rings is 3. The van der Waals surface area contributed by atoms with Crippen molar-refractivity contribution in [3.8, 4) is 28.0 Å². The predicted molar refractivity (Wildman–Crippen MR) is 144 cm³/mol. The van der Waals surface area contributed by atoms with Crippen molar-refractivity contribution in [2.45, 2.75) is 84.2 Å². The van der Waals surface area contributed by atoms with E-state index in [0.717, 1.165) is 32.1 Å². The first kappa shape index (κ1) is 28.5. The molecule has 0 radical (unpaired) electrons. The molecule has 0 amide bonds. The molecule has 1 atom stereocenters. The Morgan fingerprint density at radius 2 is 1.22 bits per heavy atom. The number of alkyl halides is 1. The van der Waals surface area contributed by atoms with Crippen molar-refractivity contribution < 1.29 is 22.7 Å². The fraction of sp³-hybridized carbons (Fsp3) is 0.406. The second kappa shape index (κ2) is 14.6. The minimum absolute atomic E-state index is 0.103. The lowest BCUT2D eigenvalue weighted by molar-refractivity contribution is -0.140. The number of carbonyl (C=O) groups excluding carboxylic acids is 1. The van der Waals surface area contributed by atoms with Crippen LogP contribution in [0, 0.1) is 11.6 Å². The number of rotatable bonds is 14. The summed E-state index contributed by atoms with van der Waals surface area (Å²) in [6.07, 6.45) is 7.72. The average molecular weight is 511 g/mol. The van der Waals surface area contributed by atoms with Crippen LogP contribution in [-0.2, 0) is 11.2 Å². The van der Waals surface area contributed by atoms with Crippen LogP contribution in [0.3, 0.4) is 0 Å². The summed E-state index contributed by atoms with van der Waals surface area (Å²) in [5, 5.41) is 0. The quantitative estimate of drug-likeness (QED) is 0.123. The fourth-order valence-corrected chi connectivity index (χ4v) is 4.35. The maximum absolute atomic E-state index is 15.0. The number of ether oxygens (including phenoxy) is 1. The van der Waals surface area contributed by atoms with E-state index in [9.17, 15) is 9.18 Å². The molecule has 2 nitrogen and oxygen atoms in total. The minimum Gasteiger partial charge on any atom is -0.424 e. The Hall–Kier alpha value is -3.08. The van der Waals surface area contributed by atoms with Crippen molar-refractivity contribution in [2.75, 3.05) is 0 Å². The summed E-state index contributed by atoms with van der Waals surface area (Å²) in [5.74, 6) is -2.62. The van der Waals surface area contributed by atoms with E-state index in [1.165, 1.54) is 49.1 Å². The molecule has 3 aromatic rings. The Bertz CT molecular complexity index is 1120. The summed E-state index contributed by atoms with van der Waals surface area (Å²) in [6, 6.07) is 16.7. The van der Waals surface area contributed by atoms with Gasteiger partial charge >= 0.3 is 5.97 Å². The molecule has 3 aromatic carbocycles. The van der Waals surface area contributed by atoms with Crippen LogP contribution in [0.5, 0.6) is 5.75 Å². The first-order valence-electron chi connectivity index (χ1n) is 13.5. The molecular formula is C32H37F3O2. The lowest BCUT2D eigenvalue weighted by Gasteiger charge is -2.11. The lowest BCUT2D eigenvalue weighted by Crippen LogP contribution is -2.21. The third kappa shape index (κ3) is 8.21. The second-order valence-corrected chi connectivity index (χ2v) is 9.56. The Labute approximate surface area is 218 Å². The largest absolute Gasteiger partial charge is 0.424 e. The van der Waals surface area contributed by atoms with Crippen LogP contribution < -0.4 is 4.74 Å². The highest BCUT2D eigenvalue weighted by molar-refractivity contribution is 5.77. The van der Waals surface area contributed by atoms with Crippen molar-refractivity contribution in [3.63, 3.8) is 0 Å². The Balaban J connectivity index is 1.64. The van der Waals surface area contributed by atoms with E-state index in [1.54, 1.807) is 12.1 Å². The molecule has 0 fully saturated rings. The molecule has 0 saturated carbocycles. The SMILES string of the molecule is CCCCCCc1ccc(-c2ccc(-c3ccc(OC(=O)[C@H](F)CCCCCC)cc3)c(F)c2F)cc1. The highest BCUT2D eigenvalue weighted by atomic mass is 19.2. The highest BCUT2D eigenvalue weighted by Gasteiger charge is 2.20. The number of halogens is 3. The number of carbonyl (C=O) groups is 1. The van der Waals surface area contributed by atoms with E-state index < -0.39 is 23.8 Å². The van der Waals surface area contributed by atoms with Crippen molar-refractivity contribution in [2.24, 2.45) is 0 Å². The van der Waals surface area contributed by atoms with Crippen molar-refractivity contribution in [1.29, 1.82) is 0 Å². The Morgan fingerprint density at radius 3 is 1.76 bits per heavy atom. The van der Waals surface area contributed by atoms with Crippen LogP contribution >= 0.6 is 0 Å². The first-order valence-corrected chi connectivity index (χ1v) is 13.5. The zero-order chi connectivity index (χ0) is 26.6. The summed E-state index contributed by atoms with van der Waals surface area (Å²) in [4.78, 5) is 12.0. The molecule has 0 N–H and O–H groups in total. The minimum atomic E-state index is -1.68. The van der Waals surface area contributed by atoms with Crippen LogP contribution in [0.4, 0.5) is 13.2 Å². The monoisotopic (exact) mass is 510 g/mol. The molecule has 3 rings (SSSR count). The maximum atomic E-state index is 15.0. The molecule has 37 heavy (non-hydrogen) atoms. The van der Waals surface area contributed by atoms with Crippen LogP contribution in [0.25, 0.3) is 22.3 Å². The Morgan fingerprint density at radius 1 is 0.703 bits per heavy atom. The van der Waals surface area contributed by atoms with Gasteiger partial charge < -0.3 is 4.74 Å². The standard InChI is InChI=1S/C32H37F3O2/c1-3-5-7-9-11-23-13-15-24(16-14-23)27-21-22-28(31(35)30(27)34)25-17-19-26(20-18-25)37-32(36)29(33)12-10-8-6-4-2/h13-22,29H,3-12H2,1-2H3/t29-/m1/s1. The van der Waals surface area contributed by atoms with Crippen LogP contribution in [-0.4, -0.2) is 12.1 Å². The van der Waals surface area contributed by atoms with Gasteiger partial charge in [-0.3, -0.25) is 0 Å². The molecule has 0 saturated heterocycles. The summed E-state index contributed by atoms with van der Waals surface area (Å²) < 4.78 is 49.2. The molecule has 0 spiro atoms. The van der Waals surface area contributed by atoms with Gasteiger partial charge in [0.25, 0.3) is 0 Å². The van der Waals surface area contributed by atoms with Crippen molar-refractivity contribution in [3.05, 3.63) is 77.9 Å². The Kier molecular flexibility index (Phi) is 11.2. The predicted octanol–water partition coefficient (Wildman–Crippen LogP) is 9.64. The van der Waals surface area contributed by atoms with Crippen molar-refractivity contribution in [1.82, 2.24) is 0 Å². The van der Waals surface area contributed by atoms with E-state index in [1.807, 2.05) is 24.3 Å². The third-order valence-corrected chi connectivity index (χ3v) is 6.62. The summed E-state index contributed by atoms with van der Waals surface area (Å²) >= 11 is 0. The van der Waals surface area contributed by atoms with Gasteiger partial charge in [-0.25, -0.2) is 18.0 Å². The lowest BCUT2D eigenvalue weighted by atomic mass is 9.97. The summed E-state index contributed by atoms with van der Waals surface area (Å²) in [6.45, 7) is 4.24. The van der Waals surface area contributed by atoms with Crippen LogP contribution in [0.2, 0.25) is 0 Å². The number of hydrogen-bond acceptors (Lipinski definition) is 2. The van der Waals surface area contributed by atoms with Gasteiger partial charge in [0, 0.05) is 11.1 Å². The van der Waals surface area contributed by atoms with E-state index in [-0.39, 0.29) is 23.3 Å². The second-order valence-electron chi connectivity index (χ2n) is 9.56. The van der Waals surface area contributed by atoms with Crippen LogP contribution in [0.15, 0.2) is 60.7 Å². The molecule has 5 heteroatoms. The smallest absolute Gasteiger partial charge is 0.346 e. The molecule has 198 valence electrons. The molecule has 0 aromatic heterocycles. The first-order chi connectivity index (χ1) is 17.9. The third-order valence-electron chi connectivity index (χ3n) is 6.62. The molecule has 0 heterocycles. The molecule has 0 bridgehead atoms. The molecule has 0 aliphatic heterocycles. The van der Waals surface area contributed by atoms with Gasteiger partial charge in [0.15, 0.2) is 17.8 Å². The van der Waals surface area contributed by atoms with Gasteiger partial charge in [0.2, 0.25) is 0 Å². The molecular weight excluding hydrogens is 473 g/mol. The number of esters is 1. The van der Waals surface area contributed by atoms with Gasteiger partial charge in [0.05, 0.1) is 0 Å². The zero-order valence-corrected chi connectivity index (χ0v) is 21.9. The van der Waals surface area contributed by atoms with Gasteiger partial charge in [-0.2, -0.15) is 0 Å². The van der Waals surface area contributed by atoms with Gasteiger partial charge in [-0.15, -0.1) is 0 Å². The number of hydrogen-bond donors (Lipinski definition) is 0. The average Bonchev–Trinajstić information content (AvgIpc) is 2.91. The summed E-state index contributed by atoms with van der Waals surface area (Å²) in [5.41, 5.74) is 2.55.